The van der Waals surface area contributed by atoms with Gasteiger partial charge >= 0.3 is 6.03 Å². The lowest BCUT2D eigenvalue weighted by atomic mass is 10.2. The van der Waals surface area contributed by atoms with Gasteiger partial charge in [-0.1, -0.05) is 41.9 Å². The van der Waals surface area contributed by atoms with Crippen molar-refractivity contribution in [1.29, 1.82) is 0 Å². The Morgan fingerprint density at radius 3 is 2.26 bits per heavy atom. The van der Waals surface area contributed by atoms with Crippen molar-refractivity contribution in [2.45, 2.75) is 13.1 Å². The maximum absolute atomic E-state index is 11.9. The molecule has 122 valence electrons. The molecule has 0 unspecified atom stereocenters. The molecule has 0 bridgehead atoms. The van der Waals surface area contributed by atoms with Gasteiger partial charge in [-0.25, -0.2) is 4.79 Å². The first kappa shape index (κ1) is 17.0. The number of urea groups is 1. The molecule has 6 heteroatoms. The molecular weight excluding hydrogens is 316 g/mol. The minimum atomic E-state index is -0.283. The molecule has 0 saturated heterocycles. The normalized spacial score (nSPS) is 10.0. The van der Waals surface area contributed by atoms with E-state index in [9.17, 15) is 4.79 Å². The third-order valence-corrected chi connectivity index (χ3v) is 3.69. The Kier molecular flexibility index (Phi) is 6.11. The third-order valence-electron chi connectivity index (χ3n) is 3.32. The van der Waals surface area contributed by atoms with E-state index < -0.39 is 0 Å². The molecule has 0 aliphatic rings. The predicted octanol–water partition coefficient (Wildman–Crippen LogP) is 3.36. The van der Waals surface area contributed by atoms with Crippen molar-refractivity contribution in [3.8, 4) is 11.5 Å². The van der Waals surface area contributed by atoms with Gasteiger partial charge in [0.15, 0.2) is 11.5 Å². The molecule has 0 aliphatic carbocycles. The standard InChI is InChI=1S/C17H19ClN2O3/c1-22-15-9-5-7-13(16(15)23-2)11-20-17(21)19-10-12-6-3-4-8-14(12)18/h3-9H,10-11H2,1-2H3,(H2,19,20,21). The fraction of sp³-hybridized carbons (Fsp3) is 0.235. The quantitative estimate of drug-likeness (QED) is 0.851. The van der Waals surface area contributed by atoms with Crippen LogP contribution >= 0.6 is 11.6 Å². The smallest absolute Gasteiger partial charge is 0.315 e. The van der Waals surface area contributed by atoms with Crippen LogP contribution in [0.5, 0.6) is 11.5 Å². The Morgan fingerprint density at radius 1 is 0.957 bits per heavy atom. The van der Waals surface area contributed by atoms with Gasteiger partial charge in [0.1, 0.15) is 0 Å². The van der Waals surface area contributed by atoms with Crippen LogP contribution in [0.1, 0.15) is 11.1 Å². The molecule has 0 aliphatic heterocycles. The number of hydrogen-bond acceptors (Lipinski definition) is 3. The van der Waals surface area contributed by atoms with E-state index in [0.717, 1.165) is 11.1 Å². The van der Waals surface area contributed by atoms with E-state index in [1.807, 2.05) is 30.3 Å². The zero-order valence-electron chi connectivity index (χ0n) is 13.1. The Bertz CT molecular complexity index is 677. The van der Waals surface area contributed by atoms with Crippen LogP contribution in [0.3, 0.4) is 0 Å². The lowest BCUT2D eigenvalue weighted by molar-refractivity contribution is 0.240. The van der Waals surface area contributed by atoms with Crippen molar-refractivity contribution in [2.75, 3.05) is 14.2 Å². The summed E-state index contributed by atoms with van der Waals surface area (Å²) in [5.41, 5.74) is 1.70. The van der Waals surface area contributed by atoms with Crippen molar-refractivity contribution < 1.29 is 14.3 Å². The van der Waals surface area contributed by atoms with E-state index in [1.54, 1.807) is 26.4 Å². The highest BCUT2D eigenvalue weighted by molar-refractivity contribution is 6.31. The van der Waals surface area contributed by atoms with Crippen LogP contribution in [-0.2, 0) is 13.1 Å². The first-order valence-corrected chi connectivity index (χ1v) is 7.48. The summed E-state index contributed by atoms with van der Waals surface area (Å²) < 4.78 is 10.6. The highest BCUT2D eigenvalue weighted by atomic mass is 35.5. The third kappa shape index (κ3) is 4.53. The average Bonchev–Trinajstić information content (AvgIpc) is 2.58. The Hall–Kier alpha value is -2.40. The molecule has 2 aromatic rings. The van der Waals surface area contributed by atoms with Crippen molar-refractivity contribution in [2.24, 2.45) is 0 Å². The van der Waals surface area contributed by atoms with Crippen LogP contribution in [0, 0.1) is 0 Å². The summed E-state index contributed by atoms with van der Waals surface area (Å²) in [6.45, 7) is 0.690. The summed E-state index contributed by atoms with van der Waals surface area (Å²) in [6.07, 6.45) is 0. The molecule has 0 atom stereocenters. The van der Waals surface area contributed by atoms with Gasteiger partial charge in [0, 0.05) is 23.7 Å². The number of para-hydroxylation sites is 1. The van der Waals surface area contributed by atoms with Gasteiger partial charge in [0.05, 0.1) is 14.2 Å². The predicted molar refractivity (Wildman–Crippen MR) is 90.1 cm³/mol. The number of halogens is 1. The van der Waals surface area contributed by atoms with E-state index in [0.29, 0.717) is 29.6 Å². The lowest BCUT2D eigenvalue weighted by Crippen LogP contribution is -2.34. The Labute approximate surface area is 140 Å². The fourth-order valence-corrected chi connectivity index (χ4v) is 2.35. The van der Waals surface area contributed by atoms with Crippen LogP contribution in [-0.4, -0.2) is 20.3 Å². The summed E-state index contributed by atoms with van der Waals surface area (Å²) in [6, 6.07) is 12.6. The molecule has 0 heterocycles. The largest absolute Gasteiger partial charge is 0.493 e. The van der Waals surface area contributed by atoms with E-state index in [2.05, 4.69) is 10.6 Å². The monoisotopic (exact) mass is 334 g/mol. The van der Waals surface area contributed by atoms with Gasteiger partial charge in [0.25, 0.3) is 0 Å². The summed E-state index contributed by atoms with van der Waals surface area (Å²) in [5.74, 6) is 1.24. The fourth-order valence-electron chi connectivity index (χ4n) is 2.15. The molecule has 2 rings (SSSR count). The number of ether oxygens (including phenoxy) is 2. The summed E-state index contributed by atoms with van der Waals surface area (Å²) >= 11 is 6.05. The SMILES string of the molecule is COc1cccc(CNC(=O)NCc2ccccc2Cl)c1OC. The minimum Gasteiger partial charge on any atom is -0.493 e. The van der Waals surface area contributed by atoms with E-state index >= 15 is 0 Å². The molecule has 5 nitrogen and oxygen atoms in total. The van der Waals surface area contributed by atoms with E-state index in [4.69, 9.17) is 21.1 Å². The second-order valence-electron chi connectivity index (χ2n) is 4.78. The Morgan fingerprint density at radius 2 is 1.61 bits per heavy atom. The number of nitrogens with one attached hydrogen (secondary N) is 2. The van der Waals surface area contributed by atoms with E-state index in [1.165, 1.54) is 0 Å². The minimum absolute atomic E-state index is 0.283. The summed E-state index contributed by atoms with van der Waals surface area (Å²) in [5, 5.41) is 6.18. The highest BCUT2D eigenvalue weighted by Gasteiger charge is 2.10. The van der Waals surface area contributed by atoms with Gasteiger partial charge in [-0.15, -0.1) is 0 Å². The second kappa shape index (κ2) is 8.29. The molecule has 0 radical (unpaired) electrons. The topological polar surface area (TPSA) is 59.6 Å². The molecule has 23 heavy (non-hydrogen) atoms. The molecule has 0 fully saturated rings. The second-order valence-corrected chi connectivity index (χ2v) is 5.19. The summed E-state index contributed by atoms with van der Waals surface area (Å²) in [7, 11) is 3.14. The maximum atomic E-state index is 11.9. The molecule has 2 aromatic carbocycles. The number of carbonyl (C=O) groups excluding carboxylic acids is 1. The van der Waals surface area contributed by atoms with Crippen molar-refractivity contribution >= 4 is 17.6 Å². The molecule has 0 aromatic heterocycles. The molecule has 0 spiro atoms. The number of rotatable bonds is 6. The van der Waals surface area contributed by atoms with Gasteiger partial charge in [-0.3, -0.25) is 0 Å². The zero-order chi connectivity index (χ0) is 16.7. The van der Waals surface area contributed by atoms with Crippen LogP contribution in [0.4, 0.5) is 4.79 Å². The molecular formula is C17H19ClN2O3. The average molecular weight is 335 g/mol. The Balaban J connectivity index is 1.91. The first-order chi connectivity index (χ1) is 11.2. The van der Waals surface area contributed by atoms with Crippen molar-refractivity contribution in [1.82, 2.24) is 10.6 Å². The van der Waals surface area contributed by atoms with Gasteiger partial charge in [0.2, 0.25) is 0 Å². The number of benzene rings is 2. The molecule has 2 amide bonds. The number of amides is 2. The zero-order valence-corrected chi connectivity index (χ0v) is 13.8. The first-order valence-electron chi connectivity index (χ1n) is 7.10. The van der Waals surface area contributed by atoms with Crippen LogP contribution < -0.4 is 20.1 Å². The summed E-state index contributed by atoms with van der Waals surface area (Å²) in [4.78, 5) is 11.9. The van der Waals surface area contributed by atoms with E-state index in [-0.39, 0.29) is 6.03 Å². The van der Waals surface area contributed by atoms with Gasteiger partial charge in [-0.05, 0) is 17.7 Å². The van der Waals surface area contributed by atoms with Crippen molar-refractivity contribution in [3.63, 3.8) is 0 Å². The number of hydrogen-bond donors (Lipinski definition) is 2. The molecule has 2 N–H and O–H groups in total. The van der Waals surface area contributed by atoms with Crippen molar-refractivity contribution in [3.05, 3.63) is 58.6 Å². The van der Waals surface area contributed by atoms with Crippen LogP contribution in [0.15, 0.2) is 42.5 Å². The van der Waals surface area contributed by atoms with Gasteiger partial charge in [-0.2, -0.15) is 0 Å². The lowest BCUT2D eigenvalue weighted by Gasteiger charge is -2.13. The van der Waals surface area contributed by atoms with Crippen LogP contribution in [0.25, 0.3) is 0 Å². The number of carbonyl (C=O) groups is 1. The maximum Gasteiger partial charge on any atom is 0.315 e. The van der Waals surface area contributed by atoms with Gasteiger partial charge < -0.3 is 20.1 Å². The van der Waals surface area contributed by atoms with Crippen LogP contribution in [0.2, 0.25) is 5.02 Å². The number of methoxy groups -OCH3 is 2. The molecule has 0 saturated carbocycles. The highest BCUT2D eigenvalue weighted by Crippen LogP contribution is 2.30.